The second-order valence-electron chi connectivity index (χ2n) is 6.25. The number of halogens is 1. The lowest BCUT2D eigenvalue weighted by atomic mass is 9.83. The Morgan fingerprint density at radius 1 is 1.52 bits per heavy atom. The summed E-state index contributed by atoms with van der Waals surface area (Å²) in [6.07, 6.45) is 1.90. The number of ether oxygens (including phenoxy) is 1. The summed E-state index contributed by atoms with van der Waals surface area (Å²) in [5.74, 6) is 0.743. The number of amides is 1. The van der Waals surface area contributed by atoms with Gasteiger partial charge in [0.2, 0.25) is 0 Å². The normalized spacial score (nSPS) is 35.3. The molecule has 0 unspecified atom stereocenters. The van der Waals surface area contributed by atoms with E-state index >= 15 is 0 Å². The molecular weight excluding hydrogens is 319 g/mol. The van der Waals surface area contributed by atoms with Gasteiger partial charge in [0.1, 0.15) is 11.5 Å². The fraction of sp³-hybridized carbons (Fsp3) is 0.533. The van der Waals surface area contributed by atoms with Gasteiger partial charge in [0, 0.05) is 23.6 Å². The maximum Gasteiger partial charge on any atom is 0.270 e. The van der Waals surface area contributed by atoms with Crippen LogP contribution in [0.3, 0.4) is 0 Å². The van der Waals surface area contributed by atoms with Crippen molar-refractivity contribution in [1.29, 1.82) is 0 Å². The van der Waals surface area contributed by atoms with E-state index in [9.17, 15) is 9.18 Å². The molecule has 2 aliphatic heterocycles. The van der Waals surface area contributed by atoms with Crippen molar-refractivity contribution in [1.82, 2.24) is 10.3 Å². The average Bonchev–Trinajstić information content (AvgIpc) is 3.17. The van der Waals surface area contributed by atoms with Crippen LogP contribution in [0.1, 0.15) is 16.9 Å². The number of hydrogen-bond donors (Lipinski definition) is 2. The lowest BCUT2D eigenvalue weighted by molar-refractivity contribution is 0.0940. The van der Waals surface area contributed by atoms with Gasteiger partial charge < -0.3 is 15.8 Å². The van der Waals surface area contributed by atoms with E-state index in [4.69, 9.17) is 15.5 Å². The Morgan fingerprint density at radius 2 is 2.39 bits per heavy atom. The topological polar surface area (TPSA) is 89.6 Å². The van der Waals surface area contributed by atoms with Crippen molar-refractivity contribution in [2.24, 2.45) is 22.6 Å². The van der Waals surface area contributed by atoms with Gasteiger partial charge in [-0.1, -0.05) is 11.8 Å². The summed E-state index contributed by atoms with van der Waals surface area (Å²) >= 11 is 1.57. The van der Waals surface area contributed by atoms with Crippen LogP contribution in [-0.4, -0.2) is 46.6 Å². The zero-order valence-electron chi connectivity index (χ0n) is 12.4. The van der Waals surface area contributed by atoms with Crippen molar-refractivity contribution in [3.05, 3.63) is 29.8 Å². The zero-order chi connectivity index (χ0) is 16.0. The first-order valence-electron chi connectivity index (χ1n) is 7.57. The van der Waals surface area contributed by atoms with Crippen molar-refractivity contribution < 1.29 is 13.9 Å². The summed E-state index contributed by atoms with van der Waals surface area (Å²) in [7, 11) is 0. The van der Waals surface area contributed by atoms with Crippen LogP contribution in [0.5, 0.6) is 0 Å². The SMILES string of the molecule is NC1=N[C@@]2([C@@H]3C[C@H]3NC(=O)c3ccc(F)cn3)COC[C@H]2CS1. The van der Waals surface area contributed by atoms with Gasteiger partial charge in [-0.15, -0.1) is 0 Å². The highest BCUT2D eigenvalue weighted by atomic mass is 32.2. The van der Waals surface area contributed by atoms with E-state index in [1.807, 2.05) is 0 Å². The minimum absolute atomic E-state index is 0.0400. The second-order valence-corrected chi connectivity index (χ2v) is 7.29. The molecular formula is C15H17FN4O2S. The van der Waals surface area contributed by atoms with Crippen LogP contribution >= 0.6 is 11.8 Å². The van der Waals surface area contributed by atoms with E-state index in [0.29, 0.717) is 24.3 Å². The Morgan fingerprint density at radius 3 is 3.17 bits per heavy atom. The van der Waals surface area contributed by atoms with Gasteiger partial charge in [0.05, 0.1) is 24.9 Å². The molecule has 1 aromatic rings. The number of carbonyl (C=O) groups is 1. The van der Waals surface area contributed by atoms with Crippen LogP contribution in [0.15, 0.2) is 23.3 Å². The molecule has 3 aliphatic rings. The summed E-state index contributed by atoms with van der Waals surface area (Å²) in [4.78, 5) is 20.7. The number of thioether (sulfide) groups is 1. The van der Waals surface area contributed by atoms with Gasteiger partial charge in [-0.05, 0) is 18.6 Å². The van der Waals surface area contributed by atoms with Gasteiger partial charge in [0.15, 0.2) is 5.17 Å². The molecule has 1 saturated carbocycles. The molecule has 23 heavy (non-hydrogen) atoms. The molecule has 0 spiro atoms. The smallest absolute Gasteiger partial charge is 0.270 e. The number of nitrogens with two attached hydrogens (primary N) is 1. The number of hydrogen-bond acceptors (Lipinski definition) is 6. The molecule has 1 aliphatic carbocycles. The molecule has 0 bridgehead atoms. The Labute approximate surface area is 137 Å². The van der Waals surface area contributed by atoms with E-state index in [2.05, 4.69) is 10.3 Å². The van der Waals surface area contributed by atoms with Crippen LogP contribution in [0, 0.1) is 17.7 Å². The molecule has 2 fully saturated rings. The fourth-order valence-corrected chi connectivity index (χ4v) is 4.51. The number of aromatic nitrogens is 1. The zero-order valence-corrected chi connectivity index (χ0v) is 13.2. The van der Waals surface area contributed by atoms with Crippen molar-refractivity contribution in [2.75, 3.05) is 19.0 Å². The molecule has 0 aromatic carbocycles. The van der Waals surface area contributed by atoms with Crippen LogP contribution < -0.4 is 11.1 Å². The molecule has 4 atom stereocenters. The van der Waals surface area contributed by atoms with E-state index in [1.54, 1.807) is 11.8 Å². The summed E-state index contributed by atoms with van der Waals surface area (Å²) in [6, 6.07) is 2.66. The third-order valence-corrected chi connectivity index (χ3v) is 5.78. The molecule has 1 amide bonds. The van der Waals surface area contributed by atoms with Crippen molar-refractivity contribution in [2.45, 2.75) is 18.0 Å². The molecule has 6 nitrogen and oxygen atoms in total. The van der Waals surface area contributed by atoms with Gasteiger partial charge in [-0.2, -0.15) is 0 Å². The standard InChI is InChI=1S/C15H17FN4O2S/c16-9-1-2-11(18-4-9)13(21)19-12-3-10(12)15-7-22-5-8(15)6-23-14(17)20-15/h1-2,4,8,10,12H,3,5-7H2,(H2,17,20)(H,19,21)/t8-,10+,12+,15-/m0/s1. The number of fused-ring (bicyclic) bond motifs is 1. The highest BCUT2D eigenvalue weighted by molar-refractivity contribution is 8.13. The molecule has 0 radical (unpaired) electrons. The third kappa shape index (κ3) is 2.59. The monoisotopic (exact) mass is 336 g/mol. The minimum atomic E-state index is -0.458. The maximum absolute atomic E-state index is 12.9. The molecule has 3 N–H and O–H groups in total. The second kappa shape index (κ2) is 5.45. The number of nitrogens with one attached hydrogen (secondary N) is 1. The Hall–Kier alpha value is -1.67. The van der Waals surface area contributed by atoms with E-state index in [0.717, 1.165) is 18.4 Å². The number of rotatable bonds is 3. The Balaban J connectivity index is 1.46. The van der Waals surface area contributed by atoms with Crippen LogP contribution in [0.25, 0.3) is 0 Å². The maximum atomic E-state index is 12.9. The summed E-state index contributed by atoms with van der Waals surface area (Å²) in [5.41, 5.74) is 5.83. The highest BCUT2D eigenvalue weighted by Crippen LogP contribution is 2.51. The number of amidine groups is 1. The van der Waals surface area contributed by atoms with E-state index in [-0.39, 0.29) is 29.1 Å². The summed E-state index contributed by atoms with van der Waals surface area (Å²) < 4.78 is 18.5. The van der Waals surface area contributed by atoms with Crippen LogP contribution in [0.2, 0.25) is 0 Å². The largest absolute Gasteiger partial charge is 0.379 e. The van der Waals surface area contributed by atoms with Gasteiger partial charge in [0.25, 0.3) is 5.91 Å². The van der Waals surface area contributed by atoms with Gasteiger partial charge in [-0.3, -0.25) is 9.79 Å². The van der Waals surface area contributed by atoms with Gasteiger partial charge >= 0.3 is 0 Å². The van der Waals surface area contributed by atoms with Crippen molar-refractivity contribution in [3.63, 3.8) is 0 Å². The summed E-state index contributed by atoms with van der Waals surface area (Å²) in [5, 5.41) is 3.56. The summed E-state index contributed by atoms with van der Waals surface area (Å²) in [6.45, 7) is 1.26. The Bertz CT molecular complexity index is 668. The molecule has 122 valence electrons. The number of nitrogens with zero attached hydrogens (tertiary/aromatic N) is 2. The molecule has 1 aromatic heterocycles. The van der Waals surface area contributed by atoms with E-state index < -0.39 is 5.82 Å². The number of carbonyl (C=O) groups excluding carboxylic acids is 1. The van der Waals surface area contributed by atoms with E-state index in [1.165, 1.54) is 12.1 Å². The third-order valence-electron chi connectivity index (χ3n) is 4.82. The number of aliphatic imine (C=N–C) groups is 1. The molecule has 3 heterocycles. The first-order valence-corrected chi connectivity index (χ1v) is 8.55. The quantitative estimate of drug-likeness (QED) is 0.852. The first-order chi connectivity index (χ1) is 11.1. The minimum Gasteiger partial charge on any atom is -0.379 e. The van der Waals surface area contributed by atoms with Crippen molar-refractivity contribution >= 4 is 22.8 Å². The first kappa shape index (κ1) is 14.9. The predicted octanol–water partition coefficient (Wildman–Crippen LogP) is 0.786. The molecule has 1 saturated heterocycles. The fourth-order valence-electron chi connectivity index (χ4n) is 3.52. The Kier molecular flexibility index (Phi) is 3.53. The molecule has 8 heteroatoms. The number of pyridine rings is 1. The van der Waals surface area contributed by atoms with Gasteiger partial charge in [-0.25, -0.2) is 9.37 Å². The molecule has 4 rings (SSSR count). The predicted molar refractivity (Wildman–Crippen MR) is 84.7 cm³/mol. The lowest BCUT2D eigenvalue weighted by Gasteiger charge is -2.34. The van der Waals surface area contributed by atoms with Crippen LogP contribution in [0.4, 0.5) is 4.39 Å². The van der Waals surface area contributed by atoms with Crippen molar-refractivity contribution in [3.8, 4) is 0 Å². The van der Waals surface area contributed by atoms with Crippen LogP contribution in [-0.2, 0) is 4.74 Å². The lowest BCUT2D eigenvalue weighted by Crippen LogP contribution is -2.46. The highest BCUT2D eigenvalue weighted by Gasteiger charge is 2.60. The average molecular weight is 336 g/mol.